The van der Waals surface area contributed by atoms with Gasteiger partial charge in [0.15, 0.2) is 10.4 Å². The smallest absolute Gasteiger partial charge is 0.287 e. The zero-order valence-electron chi connectivity index (χ0n) is 12.4. The molecule has 1 aliphatic carbocycles. The van der Waals surface area contributed by atoms with Crippen molar-refractivity contribution < 1.29 is 9.21 Å². The van der Waals surface area contributed by atoms with Gasteiger partial charge in [-0.3, -0.25) is 4.79 Å². The first-order valence-corrected chi connectivity index (χ1v) is 7.93. The van der Waals surface area contributed by atoms with Crippen molar-refractivity contribution in [1.82, 2.24) is 10.2 Å². The normalized spacial score (nSPS) is 26.8. The fraction of sp³-hybridized carbons (Fsp3) is 0.667. The molecule has 4 nitrogen and oxygen atoms in total. The van der Waals surface area contributed by atoms with Gasteiger partial charge in [-0.25, -0.2) is 0 Å². The van der Waals surface area contributed by atoms with Crippen molar-refractivity contribution in [2.75, 3.05) is 20.6 Å². The zero-order valence-corrected chi connectivity index (χ0v) is 14.0. The Balaban J connectivity index is 2.00. The third-order valence-corrected chi connectivity index (χ3v) is 4.82. The molecule has 5 heteroatoms. The minimum atomic E-state index is -0.143. The second kappa shape index (κ2) is 6.31. The number of hydrogen-bond acceptors (Lipinski definition) is 3. The molecule has 2 atom stereocenters. The molecule has 1 aliphatic rings. The monoisotopic (exact) mass is 342 g/mol. The maximum Gasteiger partial charge on any atom is 0.287 e. The van der Waals surface area contributed by atoms with E-state index >= 15 is 0 Å². The summed E-state index contributed by atoms with van der Waals surface area (Å²) in [7, 11) is 4.21. The molecule has 0 bridgehead atoms. The van der Waals surface area contributed by atoms with Crippen LogP contribution in [-0.2, 0) is 0 Å². The summed E-state index contributed by atoms with van der Waals surface area (Å²) in [6, 6.07) is 3.42. The lowest BCUT2D eigenvalue weighted by atomic mass is 9.75. The Hall–Kier alpha value is -0.810. The Labute approximate surface area is 129 Å². The Morgan fingerprint density at radius 1 is 1.55 bits per heavy atom. The summed E-state index contributed by atoms with van der Waals surface area (Å²) in [5.74, 6) is 0.922. The fourth-order valence-electron chi connectivity index (χ4n) is 3.13. The van der Waals surface area contributed by atoms with E-state index in [4.69, 9.17) is 4.42 Å². The summed E-state index contributed by atoms with van der Waals surface area (Å²) in [6.07, 6.45) is 4.77. The van der Waals surface area contributed by atoms with Crippen molar-refractivity contribution in [2.45, 2.75) is 38.1 Å². The van der Waals surface area contributed by atoms with Crippen LogP contribution in [0.3, 0.4) is 0 Å². The number of hydrogen-bond donors (Lipinski definition) is 1. The van der Waals surface area contributed by atoms with E-state index in [9.17, 15) is 4.79 Å². The Kier molecular flexibility index (Phi) is 4.91. The van der Waals surface area contributed by atoms with E-state index in [1.807, 2.05) is 0 Å². The predicted octanol–water partition coefficient (Wildman–Crippen LogP) is 3.28. The van der Waals surface area contributed by atoms with E-state index in [0.29, 0.717) is 22.9 Å². The maximum atomic E-state index is 12.1. The predicted molar refractivity (Wildman–Crippen MR) is 82.8 cm³/mol. The third-order valence-electron chi connectivity index (χ3n) is 4.39. The van der Waals surface area contributed by atoms with Gasteiger partial charge >= 0.3 is 0 Å². The fourth-order valence-corrected chi connectivity index (χ4v) is 3.43. The van der Waals surface area contributed by atoms with Crippen molar-refractivity contribution in [3.05, 3.63) is 22.6 Å². The highest BCUT2D eigenvalue weighted by Crippen LogP contribution is 2.35. The summed E-state index contributed by atoms with van der Waals surface area (Å²) in [5.41, 5.74) is 0.0666. The Morgan fingerprint density at radius 2 is 2.30 bits per heavy atom. The standard InChI is InChI=1S/C15H23BrN2O2/c1-11-5-4-8-15(9-11,18(2)3)10-17-14(19)12-6-7-13(16)20-12/h6-7,11H,4-5,8-10H2,1-3H3,(H,17,19). The third kappa shape index (κ3) is 3.44. The zero-order chi connectivity index (χ0) is 14.8. The molecule has 1 fully saturated rings. The molecule has 2 unspecified atom stereocenters. The van der Waals surface area contributed by atoms with Gasteiger partial charge in [-0.1, -0.05) is 19.8 Å². The molecule has 1 aromatic rings. The molecule has 0 radical (unpaired) electrons. The van der Waals surface area contributed by atoms with Gasteiger partial charge in [0, 0.05) is 12.1 Å². The SMILES string of the molecule is CC1CCCC(CNC(=O)c2ccc(Br)o2)(N(C)C)C1. The summed E-state index contributed by atoms with van der Waals surface area (Å²) in [6.45, 7) is 2.96. The molecule has 2 rings (SSSR count). The summed E-state index contributed by atoms with van der Waals surface area (Å²) >= 11 is 3.21. The first kappa shape index (κ1) is 15.6. The van der Waals surface area contributed by atoms with Crippen LogP contribution >= 0.6 is 15.9 Å². The molecular formula is C15H23BrN2O2. The number of nitrogens with one attached hydrogen (secondary N) is 1. The molecule has 1 heterocycles. The highest BCUT2D eigenvalue weighted by molar-refractivity contribution is 9.10. The number of nitrogens with zero attached hydrogens (tertiary/aromatic N) is 1. The minimum absolute atomic E-state index is 0.0666. The molecule has 0 aromatic carbocycles. The van der Waals surface area contributed by atoms with Crippen molar-refractivity contribution in [3.63, 3.8) is 0 Å². The van der Waals surface area contributed by atoms with Crippen LogP contribution in [0.25, 0.3) is 0 Å². The average Bonchev–Trinajstić information content (AvgIpc) is 2.82. The van der Waals surface area contributed by atoms with Gasteiger partial charge in [0.05, 0.1) is 0 Å². The molecule has 1 saturated carbocycles. The molecule has 20 heavy (non-hydrogen) atoms. The van der Waals surface area contributed by atoms with Gasteiger partial charge in [-0.05, 0) is 60.9 Å². The number of carbonyl (C=O) groups excluding carboxylic acids is 1. The van der Waals surface area contributed by atoms with Crippen molar-refractivity contribution in [3.8, 4) is 0 Å². The lowest BCUT2D eigenvalue weighted by Crippen LogP contribution is -2.55. The van der Waals surface area contributed by atoms with Crippen LogP contribution in [0.15, 0.2) is 21.2 Å². The van der Waals surface area contributed by atoms with E-state index in [1.54, 1.807) is 12.1 Å². The van der Waals surface area contributed by atoms with E-state index in [1.165, 1.54) is 12.8 Å². The van der Waals surface area contributed by atoms with Crippen LogP contribution in [0.1, 0.15) is 43.2 Å². The summed E-state index contributed by atoms with van der Waals surface area (Å²) in [5, 5.41) is 3.03. The number of rotatable bonds is 4. The van der Waals surface area contributed by atoms with E-state index in [2.05, 4.69) is 47.2 Å². The highest BCUT2D eigenvalue weighted by Gasteiger charge is 2.37. The van der Waals surface area contributed by atoms with Crippen molar-refractivity contribution in [2.24, 2.45) is 5.92 Å². The molecule has 0 spiro atoms. The average molecular weight is 343 g/mol. The number of likely N-dealkylation sites (N-methyl/N-ethyl adjacent to an activating group) is 1. The molecule has 112 valence electrons. The largest absolute Gasteiger partial charge is 0.444 e. The minimum Gasteiger partial charge on any atom is -0.444 e. The molecule has 1 amide bonds. The molecule has 0 saturated heterocycles. The Bertz CT molecular complexity index is 472. The van der Waals surface area contributed by atoms with Gasteiger partial charge in [0.2, 0.25) is 0 Å². The van der Waals surface area contributed by atoms with E-state index in [-0.39, 0.29) is 11.4 Å². The molecule has 1 N–H and O–H groups in total. The lowest BCUT2D eigenvalue weighted by molar-refractivity contribution is 0.0663. The lowest BCUT2D eigenvalue weighted by Gasteiger charge is -2.45. The second-order valence-electron chi connectivity index (χ2n) is 6.11. The number of amides is 1. The van der Waals surface area contributed by atoms with Gasteiger partial charge < -0.3 is 14.6 Å². The Morgan fingerprint density at radius 3 is 2.85 bits per heavy atom. The highest BCUT2D eigenvalue weighted by atomic mass is 79.9. The van der Waals surface area contributed by atoms with Crippen LogP contribution in [-0.4, -0.2) is 37.0 Å². The van der Waals surface area contributed by atoms with Crippen LogP contribution in [0, 0.1) is 5.92 Å². The van der Waals surface area contributed by atoms with Crippen LogP contribution in [0.4, 0.5) is 0 Å². The summed E-state index contributed by atoms with van der Waals surface area (Å²) < 4.78 is 5.87. The number of halogens is 1. The first-order chi connectivity index (χ1) is 9.43. The van der Waals surface area contributed by atoms with Crippen LogP contribution in [0.2, 0.25) is 0 Å². The summed E-state index contributed by atoms with van der Waals surface area (Å²) in [4.78, 5) is 14.4. The first-order valence-electron chi connectivity index (χ1n) is 7.14. The topological polar surface area (TPSA) is 45.5 Å². The van der Waals surface area contributed by atoms with Crippen LogP contribution in [0.5, 0.6) is 0 Å². The molecule has 1 aromatic heterocycles. The van der Waals surface area contributed by atoms with E-state index < -0.39 is 0 Å². The van der Waals surface area contributed by atoms with Gasteiger partial charge in [0.1, 0.15) is 0 Å². The van der Waals surface area contributed by atoms with Crippen LogP contribution < -0.4 is 5.32 Å². The quantitative estimate of drug-likeness (QED) is 0.913. The molecular weight excluding hydrogens is 320 g/mol. The number of carbonyl (C=O) groups is 1. The van der Waals surface area contributed by atoms with Crippen molar-refractivity contribution in [1.29, 1.82) is 0 Å². The maximum absolute atomic E-state index is 12.1. The van der Waals surface area contributed by atoms with Gasteiger partial charge in [-0.15, -0.1) is 0 Å². The van der Waals surface area contributed by atoms with Gasteiger partial charge in [0.25, 0.3) is 5.91 Å². The number of furan rings is 1. The molecule has 0 aliphatic heterocycles. The van der Waals surface area contributed by atoms with Crippen molar-refractivity contribution >= 4 is 21.8 Å². The van der Waals surface area contributed by atoms with E-state index in [0.717, 1.165) is 12.8 Å². The van der Waals surface area contributed by atoms with Gasteiger partial charge in [-0.2, -0.15) is 0 Å². The second-order valence-corrected chi connectivity index (χ2v) is 6.89.